The molecule has 0 amide bonds. The minimum Gasteiger partial charge on any atom is -0.389 e. The predicted octanol–water partition coefficient (Wildman–Crippen LogP) is 4.28. The van der Waals surface area contributed by atoms with Crippen LogP contribution in [0.25, 0.3) is 28.1 Å². The van der Waals surface area contributed by atoms with Crippen molar-refractivity contribution in [2.75, 3.05) is 29.9 Å². The number of hydrogen-bond acceptors (Lipinski definition) is 7. The summed E-state index contributed by atoms with van der Waals surface area (Å²) in [4.78, 5) is 15.8. The maximum absolute atomic E-state index is 13.9. The lowest BCUT2D eigenvalue weighted by Crippen LogP contribution is -2.30. The number of halogens is 3. The number of aliphatic hydroxyl groups is 1. The van der Waals surface area contributed by atoms with Crippen molar-refractivity contribution >= 4 is 44.2 Å². The van der Waals surface area contributed by atoms with Gasteiger partial charge in [0, 0.05) is 25.2 Å². The van der Waals surface area contributed by atoms with E-state index in [2.05, 4.69) is 31.2 Å². The lowest BCUT2D eigenvalue weighted by Gasteiger charge is -2.21. The number of fused-ring (bicyclic) bond motifs is 2. The molecule has 1 aliphatic rings. The van der Waals surface area contributed by atoms with E-state index in [9.17, 15) is 13.9 Å². The third-order valence-electron chi connectivity index (χ3n) is 5.70. The van der Waals surface area contributed by atoms with Gasteiger partial charge >= 0.3 is 0 Å². The molecule has 178 valence electrons. The van der Waals surface area contributed by atoms with E-state index in [0.29, 0.717) is 62.8 Å². The summed E-state index contributed by atoms with van der Waals surface area (Å²) in [5.41, 5.74) is 2.18. The van der Waals surface area contributed by atoms with Crippen molar-refractivity contribution in [1.82, 2.24) is 24.6 Å². The number of aromatic nitrogens is 5. The van der Waals surface area contributed by atoms with Crippen molar-refractivity contribution in [2.24, 2.45) is 0 Å². The zero-order valence-corrected chi connectivity index (χ0v) is 20.6. The van der Waals surface area contributed by atoms with E-state index in [-0.39, 0.29) is 13.1 Å². The summed E-state index contributed by atoms with van der Waals surface area (Å²) >= 11 is 3.62. The summed E-state index contributed by atoms with van der Waals surface area (Å²) in [6.45, 7) is 6.32. The van der Waals surface area contributed by atoms with E-state index < -0.39 is 17.6 Å². The van der Waals surface area contributed by atoms with Crippen LogP contribution in [0, 0.1) is 12.7 Å². The maximum Gasteiger partial charge on any atom is 0.174 e. The normalized spacial score (nSPS) is 16.7. The molecule has 5 rings (SSSR count). The zero-order chi connectivity index (χ0) is 24.2. The molecular weight excluding hydrogens is 508 g/mol. The van der Waals surface area contributed by atoms with Crippen LogP contribution in [0.3, 0.4) is 0 Å². The highest BCUT2D eigenvalue weighted by Crippen LogP contribution is 2.35. The summed E-state index contributed by atoms with van der Waals surface area (Å²) in [5, 5.41) is 18.2. The average molecular weight is 532 g/mol. The Morgan fingerprint density at radius 1 is 1.18 bits per heavy atom. The first-order valence-corrected chi connectivity index (χ1v) is 11.8. The van der Waals surface area contributed by atoms with Gasteiger partial charge in [-0.25, -0.2) is 23.7 Å². The highest BCUT2D eigenvalue weighted by atomic mass is 79.9. The minimum atomic E-state index is -0.967. The third-order valence-corrected chi connectivity index (χ3v) is 6.43. The summed E-state index contributed by atoms with van der Waals surface area (Å²) in [6.07, 6.45) is -0.446. The Kier molecular flexibility index (Phi) is 5.64. The van der Waals surface area contributed by atoms with Crippen LogP contribution < -0.4 is 10.2 Å². The van der Waals surface area contributed by atoms with Crippen molar-refractivity contribution in [3.05, 3.63) is 40.2 Å². The van der Waals surface area contributed by atoms with Gasteiger partial charge in [-0.15, -0.1) is 0 Å². The van der Waals surface area contributed by atoms with Crippen LogP contribution >= 0.6 is 15.9 Å². The number of alkyl halides is 1. The fourth-order valence-corrected chi connectivity index (χ4v) is 4.51. The number of nitrogens with zero attached hydrogens (tertiary/aromatic N) is 6. The molecule has 0 bridgehead atoms. The second-order valence-corrected chi connectivity index (χ2v) is 9.98. The zero-order valence-electron chi connectivity index (χ0n) is 19.0. The van der Waals surface area contributed by atoms with E-state index in [4.69, 9.17) is 10.1 Å². The van der Waals surface area contributed by atoms with Gasteiger partial charge in [-0.2, -0.15) is 9.61 Å². The van der Waals surface area contributed by atoms with Crippen LogP contribution in [0.2, 0.25) is 0 Å². The number of anilines is 2. The van der Waals surface area contributed by atoms with Crippen molar-refractivity contribution < 1.29 is 13.9 Å². The Morgan fingerprint density at radius 3 is 2.68 bits per heavy atom. The van der Waals surface area contributed by atoms with Crippen LogP contribution in [0.4, 0.5) is 20.4 Å². The smallest absolute Gasteiger partial charge is 0.174 e. The predicted molar refractivity (Wildman–Crippen MR) is 130 cm³/mol. The number of rotatable bonds is 5. The molecule has 34 heavy (non-hydrogen) atoms. The molecule has 0 saturated carbocycles. The molecule has 1 aliphatic heterocycles. The first kappa shape index (κ1) is 22.9. The van der Waals surface area contributed by atoms with Crippen molar-refractivity contribution in [1.29, 1.82) is 0 Å². The van der Waals surface area contributed by atoms with E-state index in [1.807, 2.05) is 11.8 Å². The van der Waals surface area contributed by atoms with Gasteiger partial charge in [-0.05, 0) is 55.3 Å². The molecule has 11 heteroatoms. The fraction of sp³-hybridized carbons (Fsp3) is 0.391. The quantitative estimate of drug-likeness (QED) is 0.397. The van der Waals surface area contributed by atoms with Crippen molar-refractivity contribution in [3.8, 4) is 11.4 Å². The van der Waals surface area contributed by atoms with E-state index in [0.717, 1.165) is 0 Å². The molecule has 0 aliphatic carbocycles. The van der Waals surface area contributed by atoms with Crippen LogP contribution in [-0.2, 0) is 0 Å². The summed E-state index contributed by atoms with van der Waals surface area (Å²) in [6, 6.07) is 6.08. The van der Waals surface area contributed by atoms with E-state index >= 15 is 0 Å². The van der Waals surface area contributed by atoms with Gasteiger partial charge in [-0.3, -0.25) is 0 Å². The van der Waals surface area contributed by atoms with Crippen LogP contribution in [0.5, 0.6) is 0 Å². The molecule has 2 N–H and O–H groups in total. The van der Waals surface area contributed by atoms with Crippen molar-refractivity contribution in [2.45, 2.75) is 39.0 Å². The minimum absolute atomic E-state index is 0.262. The molecule has 0 spiro atoms. The molecule has 4 heterocycles. The van der Waals surface area contributed by atoms with Crippen LogP contribution in [0.15, 0.2) is 28.7 Å². The van der Waals surface area contributed by atoms with Gasteiger partial charge in [0.25, 0.3) is 0 Å². The fourth-order valence-electron chi connectivity index (χ4n) is 3.99. The molecule has 1 atom stereocenters. The largest absolute Gasteiger partial charge is 0.389 e. The Morgan fingerprint density at radius 2 is 1.97 bits per heavy atom. The number of benzene rings is 1. The monoisotopic (exact) mass is 531 g/mol. The number of aryl methyl sites for hydroxylation is 1. The lowest BCUT2D eigenvalue weighted by molar-refractivity contribution is 0.0944. The van der Waals surface area contributed by atoms with Crippen molar-refractivity contribution in [3.63, 3.8) is 0 Å². The molecule has 4 aromatic rings. The third kappa shape index (κ3) is 4.29. The SMILES string of the molecule is Cc1nc2ccc(F)cc2nc1-c1nn2c(NCC(C)(C)O)cc(N3CC[C@@H](F)C3)nc2c1Br. The Hall–Kier alpha value is -2.92. The Balaban J connectivity index is 1.67. The summed E-state index contributed by atoms with van der Waals surface area (Å²) in [5.74, 6) is 0.808. The van der Waals surface area contributed by atoms with Gasteiger partial charge in [0.05, 0.1) is 33.3 Å². The van der Waals surface area contributed by atoms with Gasteiger partial charge in [-0.1, -0.05) is 0 Å². The molecule has 1 aromatic carbocycles. The second-order valence-electron chi connectivity index (χ2n) is 9.19. The molecular formula is C23H24BrF2N7O. The van der Waals surface area contributed by atoms with E-state index in [1.165, 1.54) is 12.1 Å². The van der Waals surface area contributed by atoms with E-state index in [1.54, 1.807) is 30.5 Å². The van der Waals surface area contributed by atoms with Gasteiger partial charge in [0.2, 0.25) is 0 Å². The average Bonchev–Trinajstić information content (AvgIpc) is 3.35. The Bertz CT molecular complexity index is 1400. The lowest BCUT2D eigenvalue weighted by atomic mass is 10.1. The molecule has 1 saturated heterocycles. The number of hydrogen-bond donors (Lipinski definition) is 2. The summed E-state index contributed by atoms with van der Waals surface area (Å²) < 4.78 is 29.9. The number of nitrogens with one attached hydrogen (secondary N) is 1. The molecule has 0 unspecified atom stereocenters. The molecule has 3 aromatic heterocycles. The molecule has 0 radical (unpaired) electrons. The highest BCUT2D eigenvalue weighted by molar-refractivity contribution is 9.10. The van der Waals surface area contributed by atoms with Gasteiger partial charge in [0.15, 0.2) is 5.65 Å². The van der Waals surface area contributed by atoms with Crippen LogP contribution in [-0.4, -0.2) is 61.1 Å². The highest BCUT2D eigenvalue weighted by Gasteiger charge is 2.26. The Labute approximate surface area is 203 Å². The standard InChI is InChI=1S/C23H24BrF2N7O/c1-12-20(29-16-8-13(25)4-5-15(16)28-12)21-19(24)22-30-18(32-7-6-14(26)10-32)9-17(33(22)31-21)27-11-23(2,3)34/h4-5,8-9,14,27,34H,6-7,10-11H2,1-3H3/t14-/m1/s1. The second kappa shape index (κ2) is 8.38. The molecule has 8 nitrogen and oxygen atoms in total. The topological polar surface area (TPSA) is 91.5 Å². The first-order valence-electron chi connectivity index (χ1n) is 11.0. The molecule has 1 fully saturated rings. The van der Waals surface area contributed by atoms with Gasteiger partial charge in [0.1, 0.15) is 35.0 Å². The van der Waals surface area contributed by atoms with Gasteiger partial charge < -0.3 is 15.3 Å². The first-order chi connectivity index (χ1) is 16.1. The van der Waals surface area contributed by atoms with Crippen LogP contribution in [0.1, 0.15) is 26.0 Å². The maximum atomic E-state index is 13.9. The summed E-state index contributed by atoms with van der Waals surface area (Å²) in [7, 11) is 0.